The van der Waals surface area contributed by atoms with Crippen LogP contribution >= 0.6 is 0 Å². The average molecular weight is 279 g/mol. The van der Waals surface area contributed by atoms with E-state index in [1.165, 1.54) is 12.1 Å². The summed E-state index contributed by atoms with van der Waals surface area (Å²) >= 11 is 0. The number of nitro benzene ring substituents is 1. The summed E-state index contributed by atoms with van der Waals surface area (Å²) < 4.78 is 5.50. The Morgan fingerprint density at radius 2 is 2.10 bits per heavy atom. The van der Waals surface area contributed by atoms with Crippen LogP contribution in [0.2, 0.25) is 0 Å². The molecule has 20 heavy (non-hydrogen) atoms. The van der Waals surface area contributed by atoms with Gasteiger partial charge in [-0.05, 0) is 12.5 Å². The van der Waals surface area contributed by atoms with E-state index in [1.54, 1.807) is 12.1 Å². The molecule has 0 unspecified atom stereocenters. The maximum absolute atomic E-state index is 11.6. The Balaban J connectivity index is 1.73. The minimum atomic E-state index is -0.455. The van der Waals surface area contributed by atoms with Gasteiger partial charge < -0.3 is 15.4 Å². The Morgan fingerprint density at radius 1 is 1.45 bits per heavy atom. The molecule has 1 heterocycles. The molecule has 1 fully saturated rings. The quantitative estimate of drug-likeness (QED) is 0.587. The number of benzene rings is 1. The van der Waals surface area contributed by atoms with Crippen molar-refractivity contribution in [1.29, 1.82) is 0 Å². The number of hydrogen-bond donors (Lipinski definition) is 2. The summed E-state index contributed by atoms with van der Waals surface area (Å²) in [5.74, 6) is -0.198. The highest BCUT2D eigenvalue weighted by Crippen LogP contribution is 2.14. The van der Waals surface area contributed by atoms with Crippen molar-refractivity contribution in [2.75, 3.05) is 19.7 Å². The van der Waals surface area contributed by atoms with E-state index < -0.39 is 4.92 Å². The fraction of sp³-hybridized carbons (Fsp3) is 0.462. The molecule has 1 aliphatic rings. The average Bonchev–Trinajstić information content (AvgIpc) is 2.41. The van der Waals surface area contributed by atoms with E-state index in [4.69, 9.17) is 4.74 Å². The zero-order chi connectivity index (χ0) is 14.6. The fourth-order valence-corrected chi connectivity index (χ4v) is 1.81. The van der Waals surface area contributed by atoms with Crippen molar-refractivity contribution in [1.82, 2.24) is 10.6 Å². The Kier molecular flexibility index (Phi) is 4.31. The van der Waals surface area contributed by atoms with Gasteiger partial charge in [0.25, 0.3) is 5.69 Å². The highest BCUT2D eigenvalue weighted by atomic mass is 16.6. The molecule has 1 amide bonds. The van der Waals surface area contributed by atoms with Crippen LogP contribution in [0.25, 0.3) is 0 Å². The number of rotatable bonds is 6. The SMILES string of the molecule is CC1(OCC(=O)NCc2ccc([N+](=O)[O-])cc2)CNC1. The van der Waals surface area contributed by atoms with Crippen LogP contribution in [0.4, 0.5) is 5.69 Å². The van der Waals surface area contributed by atoms with Crippen LogP contribution in [0.3, 0.4) is 0 Å². The fourth-order valence-electron chi connectivity index (χ4n) is 1.81. The predicted molar refractivity (Wildman–Crippen MR) is 72.2 cm³/mol. The molecule has 0 saturated carbocycles. The first kappa shape index (κ1) is 14.4. The monoisotopic (exact) mass is 279 g/mol. The minimum Gasteiger partial charge on any atom is -0.363 e. The molecular formula is C13H17N3O4. The van der Waals surface area contributed by atoms with Crippen LogP contribution in [0.1, 0.15) is 12.5 Å². The number of amides is 1. The van der Waals surface area contributed by atoms with Crippen LogP contribution in [0.15, 0.2) is 24.3 Å². The third-order valence-electron chi connectivity index (χ3n) is 3.19. The third-order valence-corrected chi connectivity index (χ3v) is 3.19. The molecule has 108 valence electrons. The molecule has 2 rings (SSSR count). The predicted octanol–water partition coefficient (Wildman–Crippen LogP) is 0.589. The van der Waals surface area contributed by atoms with Gasteiger partial charge in [-0.15, -0.1) is 0 Å². The van der Waals surface area contributed by atoms with Crippen molar-refractivity contribution in [2.45, 2.75) is 19.1 Å². The number of nitro groups is 1. The minimum absolute atomic E-state index is 0.0190. The molecule has 7 heteroatoms. The van der Waals surface area contributed by atoms with E-state index in [0.29, 0.717) is 6.54 Å². The Bertz CT molecular complexity index is 497. The first-order valence-corrected chi connectivity index (χ1v) is 6.33. The molecule has 1 aromatic rings. The van der Waals surface area contributed by atoms with Crippen LogP contribution in [0.5, 0.6) is 0 Å². The lowest BCUT2D eigenvalue weighted by Crippen LogP contribution is -2.59. The van der Waals surface area contributed by atoms with Crippen LogP contribution < -0.4 is 10.6 Å². The summed E-state index contributed by atoms with van der Waals surface area (Å²) in [6.07, 6.45) is 0. The second kappa shape index (κ2) is 5.98. The largest absolute Gasteiger partial charge is 0.363 e. The van der Waals surface area contributed by atoms with E-state index in [1.807, 2.05) is 6.92 Å². The van der Waals surface area contributed by atoms with Crippen molar-refractivity contribution in [2.24, 2.45) is 0 Å². The Hall–Kier alpha value is -1.99. The molecule has 0 atom stereocenters. The van der Waals surface area contributed by atoms with Gasteiger partial charge in [0, 0.05) is 31.8 Å². The van der Waals surface area contributed by atoms with E-state index >= 15 is 0 Å². The lowest BCUT2D eigenvalue weighted by Gasteiger charge is -2.38. The Morgan fingerprint density at radius 3 is 2.60 bits per heavy atom. The van der Waals surface area contributed by atoms with Gasteiger partial charge in [-0.2, -0.15) is 0 Å². The van der Waals surface area contributed by atoms with Crippen LogP contribution in [-0.2, 0) is 16.1 Å². The van der Waals surface area contributed by atoms with Gasteiger partial charge in [0.05, 0.1) is 10.5 Å². The lowest BCUT2D eigenvalue weighted by molar-refractivity contribution is -0.384. The molecule has 0 aliphatic carbocycles. The molecule has 0 aromatic heterocycles. The summed E-state index contributed by atoms with van der Waals surface area (Å²) in [4.78, 5) is 21.7. The van der Waals surface area contributed by atoms with Gasteiger partial charge in [-0.3, -0.25) is 14.9 Å². The summed E-state index contributed by atoms with van der Waals surface area (Å²) in [6, 6.07) is 6.07. The maximum Gasteiger partial charge on any atom is 0.269 e. The number of ether oxygens (including phenoxy) is 1. The maximum atomic E-state index is 11.6. The van der Waals surface area contributed by atoms with Gasteiger partial charge in [0.15, 0.2) is 0 Å². The number of carbonyl (C=O) groups excluding carboxylic acids is 1. The summed E-state index contributed by atoms with van der Waals surface area (Å²) in [5, 5.41) is 16.3. The zero-order valence-corrected chi connectivity index (χ0v) is 11.2. The standard InChI is InChI=1S/C13H17N3O4/c1-13(8-14-9-13)20-7-12(17)15-6-10-2-4-11(5-3-10)16(18)19/h2-5,14H,6-9H2,1H3,(H,15,17). The van der Waals surface area contributed by atoms with Crippen molar-refractivity contribution in [3.05, 3.63) is 39.9 Å². The van der Waals surface area contributed by atoms with Crippen LogP contribution in [0, 0.1) is 10.1 Å². The zero-order valence-electron chi connectivity index (χ0n) is 11.2. The number of carbonyl (C=O) groups is 1. The number of nitrogens with zero attached hydrogens (tertiary/aromatic N) is 1. The topological polar surface area (TPSA) is 93.5 Å². The second-order valence-electron chi connectivity index (χ2n) is 5.04. The molecule has 2 N–H and O–H groups in total. The first-order chi connectivity index (χ1) is 9.48. The van der Waals surface area contributed by atoms with Crippen molar-refractivity contribution >= 4 is 11.6 Å². The van der Waals surface area contributed by atoms with Gasteiger partial charge in [-0.25, -0.2) is 0 Å². The van der Waals surface area contributed by atoms with E-state index in [9.17, 15) is 14.9 Å². The summed E-state index contributed by atoms with van der Waals surface area (Å²) in [6.45, 7) is 3.80. The molecule has 1 aliphatic heterocycles. The van der Waals surface area contributed by atoms with Gasteiger partial charge in [-0.1, -0.05) is 12.1 Å². The van der Waals surface area contributed by atoms with Crippen molar-refractivity contribution < 1.29 is 14.5 Å². The molecule has 7 nitrogen and oxygen atoms in total. The highest BCUT2D eigenvalue weighted by Gasteiger charge is 2.32. The summed E-state index contributed by atoms with van der Waals surface area (Å²) in [5.41, 5.74) is 0.597. The third kappa shape index (κ3) is 3.75. The van der Waals surface area contributed by atoms with Crippen LogP contribution in [-0.4, -0.2) is 36.1 Å². The van der Waals surface area contributed by atoms with E-state index in [0.717, 1.165) is 18.7 Å². The highest BCUT2D eigenvalue weighted by molar-refractivity contribution is 5.77. The molecule has 0 spiro atoms. The molecule has 1 aromatic carbocycles. The lowest BCUT2D eigenvalue weighted by atomic mass is 10.0. The summed E-state index contributed by atoms with van der Waals surface area (Å²) in [7, 11) is 0. The Labute approximate surface area is 116 Å². The van der Waals surface area contributed by atoms with E-state index in [2.05, 4.69) is 10.6 Å². The number of hydrogen-bond acceptors (Lipinski definition) is 5. The molecule has 0 bridgehead atoms. The first-order valence-electron chi connectivity index (χ1n) is 6.33. The number of non-ortho nitro benzene ring substituents is 1. The van der Waals surface area contributed by atoms with Gasteiger partial charge in [0.2, 0.25) is 5.91 Å². The number of nitrogens with one attached hydrogen (secondary N) is 2. The van der Waals surface area contributed by atoms with Crippen molar-refractivity contribution in [3.8, 4) is 0 Å². The molecule has 0 radical (unpaired) electrons. The van der Waals surface area contributed by atoms with Gasteiger partial charge in [0.1, 0.15) is 6.61 Å². The normalized spacial score (nSPS) is 16.2. The smallest absolute Gasteiger partial charge is 0.269 e. The van der Waals surface area contributed by atoms with Crippen molar-refractivity contribution in [3.63, 3.8) is 0 Å². The van der Waals surface area contributed by atoms with Gasteiger partial charge >= 0.3 is 0 Å². The molecule has 1 saturated heterocycles. The second-order valence-corrected chi connectivity index (χ2v) is 5.04. The van der Waals surface area contributed by atoms with E-state index in [-0.39, 0.29) is 23.8 Å². The molecular weight excluding hydrogens is 262 g/mol.